The van der Waals surface area contributed by atoms with Crippen molar-refractivity contribution in [3.63, 3.8) is 0 Å². The van der Waals surface area contributed by atoms with Gasteiger partial charge < -0.3 is 4.74 Å². The van der Waals surface area contributed by atoms with Crippen molar-refractivity contribution in [2.75, 3.05) is 12.1 Å². The third-order valence-electron chi connectivity index (χ3n) is 2.79. The fraction of sp³-hybridized carbons (Fsp3) is 0.429. The highest BCUT2D eigenvalue weighted by molar-refractivity contribution is 6.13. The average molecular weight is 246 g/mol. The van der Waals surface area contributed by atoms with E-state index in [0.717, 1.165) is 12.1 Å². The summed E-state index contributed by atoms with van der Waals surface area (Å²) in [6, 6.07) is 7.43. The van der Waals surface area contributed by atoms with Crippen molar-refractivity contribution in [1.82, 2.24) is 0 Å². The first-order chi connectivity index (χ1) is 8.61. The molecule has 4 nitrogen and oxygen atoms in total. The Hall–Kier alpha value is -1.84. The number of benzene rings is 1. The van der Waals surface area contributed by atoms with Crippen molar-refractivity contribution in [3.05, 3.63) is 24.3 Å². The number of carbonyl (C=O) groups is 1. The normalized spacial score (nSPS) is 15.2. The van der Waals surface area contributed by atoms with E-state index in [1.54, 1.807) is 7.11 Å². The second-order valence-electron chi connectivity index (χ2n) is 4.82. The van der Waals surface area contributed by atoms with Gasteiger partial charge in [-0.1, -0.05) is 26.0 Å². The van der Waals surface area contributed by atoms with Crippen LogP contribution in [-0.2, 0) is 4.79 Å². The Morgan fingerprint density at radius 1 is 1.39 bits per heavy atom. The zero-order chi connectivity index (χ0) is 13.1. The fourth-order valence-corrected chi connectivity index (χ4v) is 2.06. The van der Waals surface area contributed by atoms with Crippen molar-refractivity contribution in [2.45, 2.75) is 26.7 Å². The highest BCUT2D eigenvalue weighted by Crippen LogP contribution is 2.31. The van der Waals surface area contributed by atoms with E-state index in [0.29, 0.717) is 23.8 Å². The number of methoxy groups -OCH3 is 1. The predicted molar refractivity (Wildman–Crippen MR) is 72.0 cm³/mol. The van der Waals surface area contributed by atoms with Crippen LogP contribution in [-0.4, -0.2) is 18.7 Å². The fourth-order valence-electron chi connectivity index (χ4n) is 2.06. The molecular weight excluding hydrogens is 228 g/mol. The van der Waals surface area contributed by atoms with E-state index in [2.05, 4.69) is 18.9 Å². The van der Waals surface area contributed by atoms with Crippen LogP contribution < -0.4 is 9.75 Å². The van der Waals surface area contributed by atoms with Crippen LogP contribution in [0.4, 0.5) is 5.69 Å². The summed E-state index contributed by atoms with van der Waals surface area (Å²) in [6.45, 7) is 4.25. The largest absolute Gasteiger partial charge is 0.494 e. The molecule has 18 heavy (non-hydrogen) atoms. The molecule has 0 aromatic heterocycles. The molecule has 0 aliphatic carbocycles. The number of hydrogen-bond donors (Lipinski definition) is 0. The van der Waals surface area contributed by atoms with E-state index in [4.69, 9.17) is 4.74 Å². The molecule has 0 radical (unpaired) electrons. The Morgan fingerprint density at radius 3 is 2.78 bits per heavy atom. The molecule has 0 fully saturated rings. The monoisotopic (exact) mass is 246 g/mol. The van der Waals surface area contributed by atoms with Gasteiger partial charge in [-0.05, 0) is 24.5 Å². The molecule has 0 atom stereocenters. The predicted octanol–water partition coefficient (Wildman–Crippen LogP) is 2.83. The molecule has 1 aromatic rings. The minimum absolute atomic E-state index is 0.00940. The number of anilines is 1. The highest BCUT2D eigenvalue weighted by atomic mass is 16.5. The second kappa shape index (κ2) is 5.21. The van der Waals surface area contributed by atoms with Gasteiger partial charge in [0.25, 0.3) is 5.91 Å². The first kappa shape index (κ1) is 12.6. The highest BCUT2D eigenvalue weighted by Gasteiger charge is 2.27. The topological polar surface area (TPSA) is 41.9 Å². The summed E-state index contributed by atoms with van der Waals surface area (Å²) < 4.78 is 5.26. The molecule has 0 N–H and O–H groups in total. The molecule has 96 valence electrons. The summed E-state index contributed by atoms with van der Waals surface area (Å²) in [6.07, 6.45) is 1.27. The molecule has 0 unspecified atom stereocenters. The minimum Gasteiger partial charge on any atom is -0.494 e. The van der Waals surface area contributed by atoms with Crippen molar-refractivity contribution >= 4 is 17.3 Å². The van der Waals surface area contributed by atoms with E-state index < -0.39 is 0 Å². The number of para-hydroxylation sites is 2. The molecule has 0 bridgehead atoms. The second-order valence-corrected chi connectivity index (χ2v) is 4.82. The molecule has 1 aromatic carbocycles. The van der Waals surface area contributed by atoms with Gasteiger partial charge in [-0.15, -0.1) is 0 Å². The number of rotatable bonds is 4. The van der Waals surface area contributed by atoms with E-state index in [1.807, 2.05) is 24.3 Å². The van der Waals surface area contributed by atoms with E-state index in [-0.39, 0.29) is 5.91 Å². The van der Waals surface area contributed by atoms with Gasteiger partial charge >= 0.3 is 0 Å². The SMILES string of the molecule is COc1ccccc1N1N=C(CC(C)C)CC1=O. The molecule has 1 aliphatic heterocycles. The van der Waals surface area contributed by atoms with Crippen LogP contribution in [0.15, 0.2) is 29.4 Å². The molecular formula is C14H18N2O2. The molecule has 0 saturated carbocycles. The van der Waals surface area contributed by atoms with Crippen LogP contribution in [0, 0.1) is 5.92 Å². The van der Waals surface area contributed by atoms with Crippen molar-refractivity contribution < 1.29 is 9.53 Å². The van der Waals surface area contributed by atoms with Crippen LogP contribution in [0.1, 0.15) is 26.7 Å². The van der Waals surface area contributed by atoms with Gasteiger partial charge in [0.15, 0.2) is 0 Å². The Bertz CT molecular complexity index is 480. The summed E-state index contributed by atoms with van der Waals surface area (Å²) in [4.78, 5) is 12.0. The summed E-state index contributed by atoms with van der Waals surface area (Å²) in [5, 5.41) is 5.86. The smallest absolute Gasteiger partial charge is 0.253 e. The van der Waals surface area contributed by atoms with E-state index in [9.17, 15) is 4.79 Å². The maximum Gasteiger partial charge on any atom is 0.253 e. The van der Waals surface area contributed by atoms with Gasteiger partial charge in [0.05, 0.1) is 13.5 Å². The number of nitrogens with zero attached hydrogens (tertiary/aromatic N) is 2. The first-order valence-corrected chi connectivity index (χ1v) is 6.14. The minimum atomic E-state index is 0.00940. The average Bonchev–Trinajstić information content (AvgIpc) is 2.69. The lowest BCUT2D eigenvalue weighted by atomic mass is 10.1. The maximum atomic E-state index is 12.0. The molecule has 1 amide bonds. The quantitative estimate of drug-likeness (QED) is 0.819. The van der Waals surface area contributed by atoms with Gasteiger partial charge in [-0.2, -0.15) is 10.1 Å². The lowest BCUT2D eigenvalue weighted by molar-refractivity contribution is -0.116. The Kier molecular flexibility index (Phi) is 3.65. The lowest BCUT2D eigenvalue weighted by Crippen LogP contribution is -2.20. The van der Waals surface area contributed by atoms with Gasteiger partial charge in [0.2, 0.25) is 0 Å². The molecule has 0 saturated heterocycles. The molecule has 2 rings (SSSR count). The van der Waals surface area contributed by atoms with Crippen molar-refractivity contribution in [3.8, 4) is 5.75 Å². The zero-order valence-corrected chi connectivity index (χ0v) is 11.0. The number of carbonyl (C=O) groups excluding carboxylic acids is 1. The number of hydrazone groups is 1. The summed E-state index contributed by atoms with van der Waals surface area (Å²) in [7, 11) is 1.60. The molecule has 4 heteroatoms. The third kappa shape index (κ3) is 2.53. The Labute approximate surface area is 107 Å². The van der Waals surface area contributed by atoms with Gasteiger partial charge in [0.1, 0.15) is 11.4 Å². The van der Waals surface area contributed by atoms with Crippen LogP contribution in [0.3, 0.4) is 0 Å². The van der Waals surface area contributed by atoms with Crippen molar-refractivity contribution in [2.24, 2.45) is 11.0 Å². The van der Waals surface area contributed by atoms with Crippen LogP contribution >= 0.6 is 0 Å². The number of amides is 1. The van der Waals surface area contributed by atoms with Crippen LogP contribution in [0.25, 0.3) is 0 Å². The van der Waals surface area contributed by atoms with Crippen LogP contribution in [0.5, 0.6) is 5.75 Å². The Balaban J connectivity index is 2.27. The zero-order valence-electron chi connectivity index (χ0n) is 11.0. The van der Waals surface area contributed by atoms with Gasteiger partial charge in [0, 0.05) is 5.71 Å². The summed E-state index contributed by atoms with van der Waals surface area (Å²) in [5.41, 5.74) is 1.66. The Morgan fingerprint density at radius 2 is 2.11 bits per heavy atom. The third-order valence-corrected chi connectivity index (χ3v) is 2.79. The lowest BCUT2D eigenvalue weighted by Gasteiger charge is -2.15. The van der Waals surface area contributed by atoms with Crippen LogP contribution in [0.2, 0.25) is 0 Å². The maximum absolute atomic E-state index is 12.0. The van der Waals surface area contributed by atoms with Gasteiger partial charge in [-0.3, -0.25) is 4.79 Å². The number of hydrogen-bond acceptors (Lipinski definition) is 3. The first-order valence-electron chi connectivity index (χ1n) is 6.14. The molecule has 1 aliphatic rings. The standard InChI is InChI=1S/C14H18N2O2/c1-10(2)8-11-9-14(17)16(15-11)12-6-4-5-7-13(12)18-3/h4-7,10H,8-9H2,1-3H3. The summed E-state index contributed by atoms with van der Waals surface area (Å²) in [5.74, 6) is 1.18. The van der Waals surface area contributed by atoms with E-state index >= 15 is 0 Å². The van der Waals surface area contributed by atoms with Gasteiger partial charge in [-0.25, -0.2) is 0 Å². The summed E-state index contributed by atoms with van der Waals surface area (Å²) >= 11 is 0. The van der Waals surface area contributed by atoms with E-state index in [1.165, 1.54) is 5.01 Å². The molecule has 1 heterocycles. The van der Waals surface area contributed by atoms with Crippen molar-refractivity contribution in [1.29, 1.82) is 0 Å². The molecule has 0 spiro atoms. The number of ether oxygens (including phenoxy) is 1.